The topological polar surface area (TPSA) is 49.4 Å². The number of halogens is 2. The van der Waals surface area contributed by atoms with Crippen molar-refractivity contribution in [3.63, 3.8) is 0 Å². The van der Waals surface area contributed by atoms with Gasteiger partial charge in [0.2, 0.25) is 5.91 Å². The third kappa shape index (κ3) is 6.10. The first-order chi connectivity index (χ1) is 12.0. The Kier molecular flexibility index (Phi) is 7.88. The molecule has 2 rings (SSSR count). The Morgan fingerprint density at radius 3 is 2.52 bits per heavy atom. The minimum absolute atomic E-state index is 0.0455. The first-order valence-electron chi connectivity index (χ1n) is 8.98. The van der Waals surface area contributed by atoms with E-state index in [9.17, 15) is 14.0 Å². The van der Waals surface area contributed by atoms with Gasteiger partial charge in [-0.2, -0.15) is 0 Å². The Morgan fingerprint density at radius 2 is 1.84 bits per heavy atom. The minimum atomic E-state index is -0.464. The van der Waals surface area contributed by atoms with Crippen molar-refractivity contribution in [2.75, 3.05) is 13.6 Å². The Morgan fingerprint density at radius 1 is 1.20 bits per heavy atom. The third-order valence-electron chi connectivity index (χ3n) is 4.81. The molecule has 0 heterocycles. The van der Waals surface area contributed by atoms with E-state index in [2.05, 4.69) is 21.2 Å². The number of nitrogens with zero attached hydrogens (tertiary/aromatic N) is 1. The van der Waals surface area contributed by atoms with Gasteiger partial charge in [0, 0.05) is 30.5 Å². The van der Waals surface area contributed by atoms with Gasteiger partial charge in [0.1, 0.15) is 5.82 Å². The largest absolute Gasteiger partial charge is 0.351 e. The lowest BCUT2D eigenvalue weighted by Crippen LogP contribution is -2.39. The fourth-order valence-corrected chi connectivity index (χ4v) is 3.68. The van der Waals surface area contributed by atoms with Gasteiger partial charge in [-0.3, -0.25) is 9.59 Å². The Hall–Kier alpha value is -1.43. The van der Waals surface area contributed by atoms with E-state index < -0.39 is 5.82 Å². The number of nitrogens with one attached hydrogen (secondary N) is 1. The van der Waals surface area contributed by atoms with Crippen LogP contribution in [0.3, 0.4) is 0 Å². The molecule has 1 N–H and O–H groups in total. The second-order valence-corrected chi connectivity index (χ2v) is 7.49. The van der Waals surface area contributed by atoms with Crippen LogP contribution in [0, 0.1) is 5.82 Å². The van der Waals surface area contributed by atoms with Crippen molar-refractivity contribution in [1.29, 1.82) is 0 Å². The van der Waals surface area contributed by atoms with Crippen molar-refractivity contribution in [1.82, 2.24) is 10.2 Å². The summed E-state index contributed by atoms with van der Waals surface area (Å²) < 4.78 is 13.8. The zero-order chi connectivity index (χ0) is 18.2. The summed E-state index contributed by atoms with van der Waals surface area (Å²) in [4.78, 5) is 26.3. The smallest absolute Gasteiger partial charge is 0.252 e. The maximum atomic E-state index is 13.3. The molecule has 4 nitrogen and oxygen atoms in total. The molecule has 1 aromatic rings. The van der Waals surface area contributed by atoms with E-state index in [0.29, 0.717) is 10.5 Å². The van der Waals surface area contributed by atoms with Crippen molar-refractivity contribution in [3.8, 4) is 0 Å². The van der Waals surface area contributed by atoms with Crippen LogP contribution in [0.5, 0.6) is 0 Å². The molecule has 6 heteroatoms. The second-order valence-electron chi connectivity index (χ2n) is 6.63. The van der Waals surface area contributed by atoms with Gasteiger partial charge in [0.25, 0.3) is 5.91 Å². The van der Waals surface area contributed by atoms with Crippen LogP contribution in [0.2, 0.25) is 0 Å². The number of hydrogen-bond donors (Lipinski definition) is 1. The molecule has 0 saturated heterocycles. The Bertz CT molecular complexity index is 601. The summed E-state index contributed by atoms with van der Waals surface area (Å²) in [6.07, 6.45) is 8.51. The van der Waals surface area contributed by atoms with E-state index in [1.54, 1.807) is 0 Å². The van der Waals surface area contributed by atoms with Gasteiger partial charge in [-0.15, -0.1) is 0 Å². The molecule has 0 spiro atoms. The quantitative estimate of drug-likeness (QED) is 0.784. The maximum Gasteiger partial charge on any atom is 0.252 e. The molecule has 0 radical (unpaired) electrons. The Labute approximate surface area is 157 Å². The SMILES string of the molecule is CN(C(=O)CCNC(=O)c1cc(F)ccc1Br)C1CCCCCCC1. The van der Waals surface area contributed by atoms with Crippen molar-refractivity contribution >= 4 is 27.7 Å². The van der Waals surface area contributed by atoms with Crippen LogP contribution in [0.25, 0.3) is 0 Å². The standard InChI is InChI=1S/C19H26BrFN2O2/c1-23(15-7-5-3-2-4-6-8-15)18(24)11-12-22-19(25)16-13-14(21)9-10-17(16)20/h9-10,13,15H,2-8,11-12H2,1H3,(H,22,25). The summed E-state index contributed by atoms with van der Waals surface area (Å²) in [6, 6.07) is 4.27. The van der Waals surface area contributed by atoms with Crippen LogP contribution < -0.4 is 5.32 Å². The summed E-state index contributed by atoms with van der Waals surface area (Å²) in [5.74, 6) is -0.801. The number of carbonyl (C=O) groups excluding carboxylic acids is 2. The summed E-state index contributed by atoms with van der Waals surface area (Å²) in [7, 11) is 1.86. The van der Waals surface area contributed by atoms with Crippen molar-refractivity contribution in [2.24, 2.45) is 0 Å². The summed E-state index contributed by atoms with van der Waals surface area (Å²) in [5.41, 5.74) is 0.237. The molecule has 1 aliphatic carbocycles. The summed E-state index contributed by atoms with van der Waals surface area (Å²) >= 11 is 3.24. The molecule has 25 heavy (non-hydrogen) atoms. The molecule has 138 valence electrons. The van der Waals surface area contributed by atoms with Gasteiger partial charge in [0.15, 0.2) is 0 Å². The molecular weight excluding hydrogens is 387 g/mol. The van der Waals surface area contributed by atoms with Crippen molar-refractivity contribution in [2.45, 2.75) is 57.4 Å². The van der Waals surface area contributed by atoms with Gasteiger partial charge >= 0.3 is 0 Å². The highest BCUT2D eigenvalue weighted by Gasteiger charge is 2.20. The average molecular weight is 413 g/mol. The summed E-state index contributed by atoms with van der Waals surface area (Å²) in [6.45, 7) is 0.248. The lowest BCUT2D eigenvalue weighted by molar-refractivity contribution is -0.132. The molecule has 0 aromatic heterocycles. The molecule has 0 aliphatic heterocycles. The van der Waals surface area contributed by atoms with Crippen LogP contribution in [-0.4, -0.2) is 36.3 Å². The zero-order valence-electron chi connectivity index (χ0n) is 14.7. The third-order valence-corrected chi connectivity index (χ3v) is 5.50. The predicted octanol–water partition coefficient (Wildman–Crippen LogP) is 4.28. The maximum absolute atomic E-state index is 13.3. The molecular formula is C19H26BrFN2O2. The number of rotatable bonds is 5. The fraction of sp³-hybridized carbons (Fsp3) is 0.579. The lowest BCUT2D eigenvalue weighted by atomic mass is 9.95. The zero-order valence-corrected chi connectivity index (χ0v) is 16.3. The lowest BCUT2D eigenvalue weighted by Gasteiger charge is -2.30. The summed E-state index contributed by atoms with van der Waals surface area (Å²) in [5, 5.41) is 2.69. The number of benzene rings is 1. The fourth-order valence-electron chi connectivity index (χ4n) is 3.25. The van der Waals surface area contributed by atoms with E-state index in [1.807, 2.05) is 11.9 Å². The Balaban J connectivity index is 1.80. The van der Waals surface area contributed by atoms with E-state index in [-0.39, 0.29) is 30.3 Å². The van der Waals surface area contributed by atoms with E-state index >= 15 is 0 Å². The van der Waals surface area contributed by atoms with Crippen LogP contribution in [-0.2, 0) is 4.79 Å². The number of hydrogen-bond acceptors (Lipinski definition) is 2. The molecule has 1 aromatic carbocycles. The first-order valence-corrected chi connectivity index (χ1v) is 9.77. The molecule has 0 unspecified atom stereocenters. The average Bonchev–Trinajstić information content (AvgIpc) is 2.56. The van der Waals surface area contributed by atoms with Crippen LogP contribution in [0.15, 0.2) is 22.7 Å². The first kappa shape index (κ1) is 19.9. The number of carbonyl (C=O) groups is 2. The van der Waals surface area contributed by atoms with Gasteiger partial charge in [-0.25, -0.2) is 4.39 Å². The monoisotopic (exact) mass is 412 g/mol. The van der Waals surface area contributed by atoms with Gasteiger partial charge < -0.3 is 10.2 Å². The highest BCUT2D eigenvalue weighted by molar-refractivity contribution is 9.10. The van der Waals surface area contributed by atoms with Gasteiger partial charge in [-0.05, 0) is 47.0 Å². The minimum Gasteiger partial charge on any atom is -0.351 e. The van der Waals surface area contributed by atoms with Crippen LogP contribution >= 0.6 is 15.9 Å². The highest BCUT2D eigenvalue weighted by atomic mass is 79.9. The highest BCUT2D eigenvalue weighted by Crippen LogP contribution is 2.21. The number of amides is 2. The van der Waals surface area contributed by atoms with E-state index in [4.69, 9.17) is 0 Å². The van der Waals surface area contributed by atoms with Crippen LogP contribution in [0.4, 0.5) is 4.39 Å². The molecule has 1 aliphatic rings. The van der Waals surface area contributed by atoms with Crippen molar-refractivity contribution < 1.29 is 14.0 Å². The molecule has 1 fully saturated rings. The van der Waals surface area contributed by atoms with E-state index in [1.165, 1.54) is 50.3 Å². The van der Waals surface area contributed by atoms with Crippen molar-refractivity contribution in [3.05, 3.63) is 34.1 Å². The predicted molar refractivity (Wildman–Crippen MR) is 99.9 cm³/mol. The van der Waals surface area contributed by atoms with E-state index in [0.717, 1.165) is 12.8 Å². The second kappa shape index (κ2) is 9.90. The normalized spacial score (nSPS) is 16.0. The molecule has 2 amide bonds. The van der Waals surface area contributed by atoms with Gasteiger partial charge in [0.05, 0.1) is 5.56 Å². The van der Waals surface area contributed by atoms with Gasteiger partial charge in [-0.1, -0.05) is 32.1 Å². The molecule has 0 bridgehead atoms. The van der Waals surface area contributed by atoms with Crippen LogP contribution in [0.1, 0.15) is 61.7 Å². The molecule has 0 atom stereocenters. The molecule has 1 saturated carbocycles.